The third kappa shape index (κ3) is 2.50. The summed E-state index contributed by atoms with van der Waals surface area (Å²) in [6.07, 6.45) is 4.75. The number of para-hydroxylation sites is 1. The fraction of sp³-hybridized carbons (Fsp3) is 0.536. The van der Waals surface area contributed by atoms with E-state index in [2.05, 4.69) is 11.0 Å². The number of carbonyl (C=O) groups excluding carboxylic acids is 1. The molecule has 178 valence electrons. The Hall–Kier alpha value is -2.60. The number of rotatable bonds is 3. The fourth-order valence-corrected chi connectivity index (χ4v) is 9.33. The van der Waals surface area contributed by atoms with Crippen LogP contribution in [0.3, 0.4) is 0 Å². The van der Waals surface area contributed by atoms with Crippen molar-refractivity contribution in [2.24, 2.45) is 17.3 Å². The zero-order valence-corrected chi connectivity index (χ0v) is 19.3. The van der Waals surface area contributed by atoms with Gasteiger partial charge in [-0.1, -0.05) is 24.3 Å². The Labute approximate surface area is 199 Å². The summed E-state index contributed by atoms with van der Waals surface area (Å²) in [4.78, 5) is 17.7. The van der Waals surface area contributed by atoms with Gasteiger partial charge in [0.05, 0.1) is 0 Å². The lowest BCUT2D eigenvalue weighted by atomic mass is 9.43. The number of hydrogen-bond donors (Lipinski definition) is 1. The lowest BCUT2D eigenvalue weighted by molar-refractivity contribution is -0.102. The van der Waals surface area contributed by atoms with Crippen LogP contribution < -0.4 is 4.74 Å². The summed E-state index contributed by atoms with van der Waals surface area (Å²) in [5.41, 5.74) is 2.64. The van der Waals surface area contributed by atoms with E-state index < -0.39 is 0 Å². The molecule has 4 fully saturated rings. The highest BCUT2D eigenvalue weighted by Gasteiger charge is 2.76. The highest BCUT2D eigenvalue weighted by Crippen LogP contribution is 2.75. The molecule has 0 spiro atoms. The van der Waals surface area contributed by atoms with Crippen molar-refractivity contribution in [3.8, 4) is 11.5 Å². The molecule has 6 heteroatoms. The molecular weight excluding hydrogens is 431 g/mol. The Bertz CT molecular complexity index is 1140. The molecule has 2 aromatic carbocycles. The van der Waals surface area contributed by atoms with Gasteiger partial charge in [-0.15, -0.1) is 0 Å². The standard InChI is InChI=1S/C28H31FN2O3/c29-11-13-30-12-10-28-22-15-20(32)7-6-18(22)14-24(30)27(28)9-8-23-25(28)19(16-27)17-31(23)26(33)34-21-4-2-1-3-5-21/h1-7,15,19,23-25,32H,8-14,16-17H2/t19-,23?,24?,25?,27?,28?/m1/s1. The van der Waals surface area contributed by atoms with E-state index in [9.17, 15) is 14.3 Å². The molecule has 2 aliphatic heterocycles. The van der Waals surface area contributed by atoms with Crippen molar-refractivity contribution in [3.05, 3.63) is 59.7 Å². The second-order valence-electron chi connectivity index (χ2n) is 11.1. The number of piperidine rings is 1. The highest BCUT2D eigenvalue weighted by atomic mass is 19.1. The summed E-state index contributed by atoms with van der Waals surface area (Å²) in [5, 5.41) is 10.5. The van der Waals surface area contributed by atoms with Crippen molar-refractivity contribution in [2.45, 2.75) is 49.6 Å². The van der Waals surface area contributed by atoms with Crippen LogP contribution in [0.4, 0.5) is 9.18 Å². The summed E-state index contributed by atoms with van der Waals surface area (Å²) in [6.45, 7) is 1.81. The van der Waals surface area contributed by atoms with E-state index in [1.165, 1.54) is 11.1 Å². The van der Waals surface area contributed by atoms with E-state index in [4.69, 9.17) is 4.74 Å². The summed E-state index contributed by atoms with van der Waals surface area (Å²) in [7, 11) is 0. The smallest absolute Gasteiger partial charge is 0.415 e. The maximum absolute atomic E-state index is 13.5. The van der Waals surface area contributed by atoms with E-state index in [1.807, 2.05) is 41.3 Å². The van der Waals surface area contributed by atoms with E-state index in [0.717, 1.165) is 45.2 Å². The van der Waals surface area contributed by atoms with E-state index >= 15 is 0 Å². The SMILES string of the molecule is O=C(Oc1ccccc1)N1C[C@H]2CC34CCC1C2C31CCN(CCF)C4Cc2ccc(O)cc21. The molecule has 6 atom stereocenters. The Morgan fingerprint density at radius 3 is 2.85 bits per heavy atom. The van der Waals surface area contributed by atoms with Crippen LogP contribution in [0.25, 0.3) is 0 Å². The van der Waals surface area contributed by atoms with Crippen LogP contribution in [0, 0.1) is 17.3 Å². The molecule has 2 saturated heterocycles. The number of aromatic hydroxyl groups is 1. The second-order valence-corrected chi connectivity index (χ2v) is 11.1. The predicted molar refractivity (Wildman–Crippen MR) is 126 cm³/mol. The van der Waals surface area contributed by atoms with Gasteiger partial charge in [-0.25, -0.2) is 9.18 Å². The Morgan fingerprint density at radius 1 is 1.18 bits per heavy atom. The third-order valence-corrected chi connectivity index (χ3v) is 10.1. The predicted octanol–water partition coefficient (Wildman–Crippen LogP) is 4.53. The quantitative estimate of drug-likeness (QED) is 0.728. The number of alkyl halides is 1. The van der Waals surface area contributed by atoms with Gasteiger partial charge in [0.2, 0.25) is 0 Å². The number of ether oxygens (including phenoxy) is 1. The number of nitrogens with zero attached hydrogens (tertiary/aromatic N) is 2. The van der Waals surface area contributed by atoms with Gasteiger partial charge in [-0.3, -0.25) is 4.90 Å². The minimum absolute atomic E-state index is 0.0633. The number of hydrogen-bond acceptors (Lipinski definition) is 4. The van der Waals surface area contributed by atoms with Crippen molar-refractivity contribution in [1.82, 2.24) is 9.80 Å². The molecule has 2 saturated carbocycles. The number of halogens is 1. The lowest BCUT2D eigenvalue weighted by Gasteiger charge is -2.66. The Kier molecular flexibility index (Phi) is 4.39. The molecule has 2 aromatic rings. The number of likely N-dealkylation sites (tertiary alicyclic amines) is 2. The summed E-state index contributed by atoms with van der Waals surface area (Å²) in [5.74, 6) is 1.68. The zero-order chi connectivity index (χ0) is 23.1. The number of carbonyl (C=O) groups is 1. The van der Waals surface area contributed by atoms with Crippen LogP contribution in [0.2, 0.25) is 0 Å². The molecular formula is C28H31FN2O3. The number of amides is 1. The Morgan fingerprint density at radius 2 is 2.03 bits per heavy atom. The normalized spacial score (nSPS) is 37.3. The van der Waals surface area contributed by atoms with Gasteiger partial charge in [-0.05, 0) is 91.3 Å². The maximum Gasteiger partial charge on any atom is 0.415 e. The zero-order valence-electron chi connectivity index (χ0n) is 19.3. The fourth-order valence-electron chi connectivity index (χ4n) is 9.33. The van der Waals surface area contributed by atoms with Crippen molar-refractivity contribution < 1.29 is 19.0 Å². The molecule has 0 radical (unpaired) electrons. The van der Waals surface area contributed by atoms with Gasteiger partial charge in [-0.2, -0.15) is 0 Å². The molecule has 3 aliphatic carbocycles. The number of phenols is 1. The van der Waals surface area contributed by atoms with Gasteiger partial charge < -0.3 is 14.7 Å². The van der Waals surface area contributed by atoms with E-state index in [0.29, 0.717) is 35.9 Å². The summed E-state index contributed by atoms with van der Waals surface area (Å²) in [6, 6.07) is 15.7. The van der Waals surface area contributed by atoms with Crippen LogP contribution in [0.5, 0.6) is 11.5 Å². The molecule has 5 nitrogen and oxygen atoms in total. The third-order valence-electron chi connectivity index (χ3n) is 10.1. The molecule has 2 heterocycles. The van der Waals surface area contributed by atoms with Crippen molar-refractivity contribution in [1.29, 1.82) is 0 Å². The molecule has 1 amide bonds. The van der Waals surface area contributed by atoms with E-state index in [-0.39, 0.29) is 29.6 Å². The van der Waals surface area contributed by atoms with Crippen LogP contribution in [0.1, 0.15) is 36.8 Å². The minimum Gasteiger partial charge on any atom is -0.508 e. The van der Waals surface area contributed by atoms with Gasteiger partial charge in [0.1, 0.15) is 18.2 Å². The van der Waals surface area contributed by atoms with Crippen LogP contribution in [-0.4, -0.2) is 59.4 Å². The second kappa shape index (κ2) is 7.20. The number of fused-ring (bicyclic) bond motifs is 1. The topological polar surface area (TPSA) is 53.0 Å². The first kappa shape index (κ1) is 20.7. The first-order valence-corrected chi connectivity index (χ1v) is 12.7. The Balaban J connectivity index is 1.31. The van der Waals surface area contributed by atoms with Crippen molar-refractivity contribution in [2.75, 3.05) is 26.3 Å². The molecule has 34 heavy (non-hydrogen) atoms. The average Bonchev–Trinajstić information content (AvgIpc) is 3.28. The summed E-state index contributed by atoms with van der Waals surface area (Å²) >= 11 is 0. The van der Waals surface area contributed by atoms with Crippen LogP contribution in [0.15, 0.2) is 48.5 Å². The monoisotopic (exact) mass is 462 g/mol. The molecule has 0 aromatic heterocycles. The lowest BCUT2D eigenvalue weighted by Crippen LogP contribution is -2.70. The first-order valence-electron chi connectivity index (χ1n) is 12.7. The van der Waals surface area contributed by atoms with Crippen molar-refractivity contribution >= 4 is 6.09 Å². The first-order chi connectivity index (χ1) is 16.6. The highest BCUT2D eigenvalue weighted by molar-refractivity contribution is 5.72. The molecule has 5 aliphatic rings. The van der Waals surface area contributed by atoms with E-state index in [1.54, 1.807) is 6.07 Å². The number of benzene rings is 2. The average molecular weight is 463 g/mol. The molecule has 4 bridgehead atoms. The van der Waals surface area contributed by atoms with Crippen LogP contribution >= 0.6 is 0 Å². The van der Waals surface area contributed by atoms with Gasteiger partial charge in [0.25, 0.3) is 0 Å². The number of phenolic OH excluding ortho intramolecular Hbond substituents is 1. The molecule has 7 rings (SSSR count). The minimum atomic E-state index is -0.309. The van der Waals surface area contributed by atoms with Gasteiger partial charge >= 0.3 is 6.09 Å². The van der Waals surface area contributed by atoms with Gasteiger partial charge in [0, 0.05) is 30.6 Å². The molecule has 1 N–H and O–H groups in total. The van der Waals surface area contributed by atoms with Crippen molar-refractivity contribution in [3.63, 3.8) is 0 Å². The maximum atomic E-state index is 13.5. The largest absolute Gasteiger partial charge is 0.508 e. The molecule has 5 unspecified atom stereocenters. The van der Waals surface area contributed by atoms with Crippen LogP contribution in [-0.2, 0) is 11.8 Å². The summed E-state index contributed by atoms with van der Waals surface area (Å²) < 4.78 is 19.3. The van der Waals surface area contributed by atoms with Gasteiger partial charge in [0.15, 0.2) is 0 Å².